The molecule has 0 unspecified atom stereocenters. The molecule has 2 aromatic carbocycles. The van der Waals surface area contributed by atoms with Crippen LogP contribution in [0, 0.1) is 24.1 Å². The molecule has 0 radical (unpaired) electrons. The third-order valence-corrected chi connectivity index (χ3v) is 7.08. The smallest absolute Gasteiger partial charge is 0.248 e. The summed E-state index contributed by atoms with van der Waals surface area (Å²) in [6, 6.07) is 11.0. The van der Waals surface area contributed by atoms with E-state index in [-0.39, 0.29) is 63.6 Å². The number of benzene rings is 2. The van der Waals surface area contributed by atoms with Crippen molar-refractivity contribution in [1.82, 2.24) is 15.2 Å². The molecule has 3 heterocycles. The predicted octanol–water partition coefficient (Wildman–Crippen LogP) is 7.45. The lowest BCUT2D eigenvalue weighted by Gasteiger charge is -2.23. The van der Waals surface area contributed by atoms with Crippen LogP contribution in [0.25, 0.3) is 11.5 Å². The molecule has 9 nitrogen and oxygen atoms in total. The summed E-state index contributed by atoms with van der Waals surface area (Å²) < 4.78 is 45.0. The zero-order valence-electron chi connectivity index (χ0n) is 23.5. The summed E-state index contributed by atoms with van der Waals surface area (Å²) in [7, 11) is 0. The van der Waals surface area contributed by atoms with Crippen LogP contribution in [0.15, 0.2) is 47.0 Å². The van der Waals surface area contributed by atoms with E-state index in [1.54, 1.807) is 12.3 Å². The van der Waals surface area contributed by atoms with Gasteiger partial charge in [-0.3, -0.25) is 0 Å². The number of hydrogen-bond acceptors (Lipinski definition) is 9. The second-order valence-corrected chi connectivity index (χ2v) is 11.6. The summed E-state index contributed by atoms with van der Waals surface area (Å²) in [6.45, 7) is 9.70. The van der Waals surface area contributed by atoms with Gasteiger partial charge in [0.15, 0.2) is 17.4 Å². The van der Waals surface area contributed by atoms with Crippen LogP contribution in [0.4, 0.5) is 4.39 Å². The van der Waals surface area contributed by atoms with Gasteiger partial charge in [0.2, 0.25) is 17.7 Å². The molecule has 1 fully saturated rings. The average Bonchev–Trinajstić information content (AvgIpc) is 3.47. The molecule has 0 bridgehead atoms. The van der Waals surface area contributed by atoms with Crippen LogP contribution in [0.3, 0.4) is 0 Å². The molecular formula is C30H27Cl2FN4O5. The van der Waals surface area contributed by atoms with Crippen molar-refractivity contribution in [3.05, 3.63) is 81.0 Å². The SMILES string of the molecule is Cc1cnc(OC[C@@H]2OC(C)(C)OC2(C)C)cc1-c1nnc(Cc2ccc(Cl)c(Oc3cc(Cl)cc(C#N)c3)c2F)o1. The summed E-state index contributed by atoms with van der Waals surface area (Å²) in [4.78, 5) is 4.35. The fourth-order valence-electron chi connectivity index (χ4n) is 4.62. The summed E-state index contributed by atoms with van der Waals surface area (Å²) >= 11 is 12.3. The largest absolute Gasteiger partial charge is 0.475 e. The standard InChI is InChI=1S/C30H27Cl2FN4O5/c1-16-14-35-24(38-15-23-29(2,3)42-30(4,5)41-23)12-21(16)28-37-36-25(40-28)10-18-6-7-22(32)27(26(18)33)39-20-9-17(13-34)8-19(31)11-20/h6-9,11-12,14,23H,10,15H2,1-5H3/t23-/m0/s1. The van der Waals surface area contributed by atoms with Crippen molar-refractivity contribution in [3.63, 3.8) is 0 Å². The predicted molar refractivity (Wildman–Crippen MR) is 152 cm³/mol. The molecule has 1 atom stereocenters. The van der Waals surface area contributed by atoms with E-state index in [4.69, 9.17) is 46.6 Å². The maximum atomic E-state index is 15.5. The van der Waals surface area contributed by atoms with Crippen LogP contribution in [-0.4, -0.2) is 39.3 Å². The van der Waals surface area contributed by atoms with E-state index in [2.05, 4.69) is 15.2 Å². The van der Waals surface area contributed by atoms with Gasteiger partial charge in [-0.2, -0.15) is 5.26 Å². The maximum absolute atomic E-state index is 15.5. The molecule has 12 heteroatoms. The number of nitrogens with zero attached hydrogens (tertiary/aromatic N) is 4. The molecule has 0 aliphatic carbocycles. The summed E-state index contributed by atoms with van der Waals surface area (Å²) in [5.41, 5.74) is 1.35. The molecule has 1 aliphatic heterocycles. The molecular weight excluding hydrogens is 586 g/mol. The van der Waals surface area contributed by atoms with Crippen LogP contribution in [0.5, 0.6) is 17.4 Å². The number of aromatic nitrogens is 3. The third kappa shape index (κ3) is 6.50. The number of aryl methyl sites for hydroxylation is 1. The van der Waals surface area contributed by atoms with Gasteiger partial charge in [0.25, 0.3) is 0 Å². The Morgan fingerprint density at radius 1 is 1.10 bits per heavy atom. The van der Waals surface area contributed by atoms with Gasteiger partial charge in [0, 0.05) is 28.4 Å². The highest BCUT2D eigenvalue weighted by Gasteiger charge is 2.47. The fourth-order valence-corrected chi connectivity index (χ4v) is 5.03. The highest BCUT2D eigenvalue weighted by Crippen LogP contribution is 2.37. The third-order valence-electron chi connectivity index (χ3n) is 6.56. The van der Waals surface area contributed by atoms with Crippen LogP contribution < -0.4 is 9.47 Å². The Bertz CT molecular complexity index is 1680. The molecule has 0 spiro atoms. The molecule has 4 aromatic rings. The van der Waals surface area contributed by atoms with Gasteiger partial charge in [-0.05, 0) is 64.4 Å². The molecule has 0 N–H and O–H groups in total. The van der Waals surface area contributed by atoms with E-state index in [1.165, 1.54) is 30.3 Å². The zero-order chi connectivity index (χ0) is 30.2. The van der Waals surface area contributed by atoms with E-state index in [1.807, 2.05) is 40.7 Å². The normalized spacial score (nSPS) is 17.2. The molecule has 5 rings (SSSR count). The molecule has 1 saturated heterocycles. The van der Waals surface area contributed by atoms with Crippen molar-refractivity contribution in [1.29, 1.82) is 5.26 Å². The molecule has 42 heavy (non-hydrogen) atoms. The lowest BCUT2D eigenvalue weighted by Crippen LogP contribution is -2.37. The van der Waals surface area contributed by atoms with Crippen LogP contribution in [0.1, 0.15) is 50.3 Å². The highest BCUT2D eigenvalue weighted by atomic mass is 35.5. The minimum absolute atomic E-state index is 0.0251. The Labute approximate surface area is 252 Å². The lowest BCUT2D eigenvalue weighted by atomic mass is 10.0. The minimum Gasteiger partial charge on any atom is -0.475 e. The van der Waals surface area contributed by atoms with Crippen molar-refractivity contribution in [2.24, 2.45) is 0 Å². The van der Waals surface area contributed by atoms with Gasteiger partial charge in [-0.1, -0.05) is 29.3 Å². The first-order chi connectivity index (χ1) is 19.8. The molecule has 2 aromatic heterocycles. The average molecular weight is 613 g/mol. The summed E-state index contributed by atoms with van der Waals surface area (Å²) in [5.74, 6) is -0.712. The van der Waals surface area contributed by atoms with Gasteiger partial charge in [0.1, 0.15) is 18.5 Å². The Kier molecular flexibility index (Phi) is 8.14. The van der Waals surface area contributed by atoms with Crippen molar-refractivity contribution in [2.45, 2.75) is 58.5 Å². The first kappa shape index (κ1) is 29.7. The van der Waals surface area contributed by atoms with E-state index >= 15 is 4.39 Å². The Balaban J connectivity index is 1.32. The summed E-state index contributed by atoms with van der Waals surface area (Å²) in [6.07, 6.45) is 1.32. The van der Waals surface area contributed by atoms with Crippen LogP contribution >= 0.6 is 23.2 Å². The number of hydrogen-bond donors (Lipinski definition) is 0. The number of nitriles is 1. The van der Waals surface area contributed by atoms with Gasteiger partial charge in [0.05, 0.1) is 28.7 Å². The minimum atomic E-state index is -0.712. The first-order valence-electron chi connectivity index (χ1n) is 13.0. The molecule has 0 saturated carbocycles. The van der Waals surface area contributed by atoms with E-state index < -0.39 is 17.2 Å². The molecule has 0 amide bonds. The second kappa shape index (κ2) is 11.5. The first-order valence-corrected chi connectivity index (χ1v) is 13.7. The highest BCUT2D eigenvalue weighted by molar-refractivity contribution is 6.32. The summed E-state index contributed by atoms with van der Waals surface area (Å²) in [5, 5.41) is 17.8. The Morgan fingerprint density at radius 3 is 2.60 bits per heavy atom. The second-order valence-electron chi connectivity index (χ2n) is 10.8. The Hall–Kier alpha value is -3.75. The molecule has 1 aliphatic rings. The van der Waals surface area contributed by atoms with Gasteiger partial charge >= 0.3 is 0 Å². The van der Waals surface area contributed by atoms with Gasteiger partial charge < -0.3 is 23.4 Å². The van der Waals surface area contributed by atoms with Gasteiger partial charge in [-0.25, -0.2) is 9.37 Å². The maximum Gasteiger partial charge on any atom is 0.248 e. The Morgan fingerprint density at radius 2 is 1.88 bits per heavy atom. The zero-order valence-corrected chi connectivity index (χ0v) is 25.0. The quantitative estimate of drug-likeness (QED) is 0.200. The van der Waals surface area contributed by atoms with Crippen molar-refractivity contribution in [2.75, 3.05) is 6.61 Å². The number of rotatable bonds is 8. The van der Waals surface area contributed by atoms with Gasteiger partial charge in [-0.15, -0.1) is 10.2 Å². The van der Waals surface area contributed by atoms with Crippen LogP contribution in [-0.2, 0) is 15.9 Å². The lowest BCUT2D eigenvalue weighted by molar-refractivity contribution is -0.158. The monoisotopic (exact) mass is 612 g/mol. The van der Waals surface area contributed by atoms with Crippen molar-refractivity contribution >= 4 is 23.2 Å². The van der Waals surface area contributed by atoms with Crippen molar-refractivity contribution in [3.8, 4) is 34.9 Å². The van der Waals surface area contributed by atoms with E-state index in [0.29, 0.717) is 11.4 Å². The number of pyridine rings is 1. The van der Waals surface area contributed by atoms with E-state index in [0.717, 1.165) is 5.56 Å². The van der Waals surface area contributed by atoms with Crippen LogP contribution in [0.2, 0.25) is 10.0 Å². The number of ether oxygens (including phenoxy) is 4. The molecule has 218 valence electrons. The van der Waals surface area contributed by atoms with Crippen molar-refractivity contribution < 1.29 is 27.8 Å². The topological polar surface area (TPSA) is 113 Å². The van der Waals surface area contributed by atoms with E-state index in [9.17, 15) is 5.26 Å². The number of halogens is 3. The fraction of sp³-hybridized carbons (Fsp3) is 0.333.